The fraction of sp³-hybridized carbons (Fsp3) is 0.500. The molecule has 2 fully saturated rings. The van der Waals surface area contributed by atoms with E-state index in [0.717, 1.165) is 12.8 Å². The Kier molecular flexibility index (Phi) is 5.01. The molecule has 3 heterocycles. The molecule has 1 unspecified atom stereocenters. The molecule has 0 aromatic carbocycles. The number of nitrogens with two attached hydrogens (primary N) is 1. The van der Waals surface area contributed by atoms with Crippen LogP contribution in [0.4, 0.5) is 4.79 Å². The SMILES string of the molecule is NC(=O)c1cc(OC2CCCN(C(=O)CN3CCOC3=O)C2)ccn1. The summed E-state index contributed by atoms with van der Waals surface area (Å²) >= 11 is 0. The first kappa shape index (κ1) is 17.0. The van der Waals surface area contributed by atoms with Crippen molar-refractivity contribution in [2.24, 2.45) is 5.73 Å². The Morgan fingerprint density at radius 3 is 2.96 bits per heavy atom. The first-order chi connectivity index (χ1) is 12.0. The van der Waals surface area contributed by atoms with E-state index < -0.39 is 12.0 Å². The lowest BCUT2D eigenvalue weighted by atomic mass is 10.1. The van der Waals surface area contributed by atoms with Gasteiger partial charge in [-0.15, -0.1) is 0 Å². The Balaban J connectivity index is 1.57. The van der Waals surface area contributed by atoms with Crippen molar-refractivity contribution in [2.75, 3.05) is 32.8 Å². The van der Waals surface area contributed by atoms with Crippen molar-refractivity contribution in [3.05, 3.63) is 24.0 Å². The number of hydrogen-bond acceptors (Lipinski definition) is 6. The normalized spacial score (nSPS) is 20.3. The molecule has 1 atom stereocenters. The number of hydrogen-bond donors (Lipinski definition) is 1. The summed E-state index contributed by atoms with van der Waals surface area (Å²) in [6.45, 7) is 1.83. The number of ether oxygens (including phenoxy) is 2. The minimum absolute atomic E-state index is 0.0205. The summed E-state index contributed by atoms with van der Waals surface area (Å²) in [4.78, 5) is 42.0. The molecule has 0 bridgehead atoms. The lowest BCUT2D eigenvalue weighted by Crippen LogP contribution is -2.48. The monoisotopic (exact) mass is 348 g/mol. The van der Waals surface area contributed by atoms with Gasteiger partial charge < -0.3 is 20.1 Å². The quantitative estimate of drug-likeness (QED) is 0.801. The van der Waals surface area contributed by atoms with Gasteiger partial charge in [0, 0.05) is 18.8 Å². The van der Waals surface area contributed by atoms with E-state index in [1.54, 1.807) is 11.0 Å². The first-order valence-corrected chi connectivity index (χ1v) is 8.15. The van der Waals surface area contributed by atoms with E-state index in [9.17, 15) is 14.4 Å². The second-order valence-electron chi connectivity index (χ2n) is 6.00. The molecule has 25 heavy (non-hydrogen) atoms. The van der Waals surface area contributed by atoms with Crippen LogP contribution in [0.1, 0.15) is 23.3 Å². The van der Waals surface area contributed by atoms with Crippen LogP contribution in [0, 0.1) is 0 Å². The number of nitrogens with zero attached hydrogens (tertiary/aromatic N) is 3. The van der Waals surface area contributed by atoms with Crippen molar-refractivity contribution in [1.82, 2.24) is 14.8 Å². The summed E-state index contributed by atoms with van der Waals surface area (Å²) in [6.07, 6.45) is 2.42. The van der Waals surface area contributed by atoms with Crippen molar-refractivity contribution >= 4 is 17.9 Å². The molecule has 0 radical (unpaired) electrons. The average Bonchev–Trinajstić information content (AvgIpc) is 3.00. The molecule has 0 spiro atoms. The summed E-state index contributed by atoms with van der Waals surface area (Å²) in [5.74, 6) is -0.255. The van der Waals surface area contributed by atoms with E-state index in [1.807, 2.05) is 0 Å². The molecule has 3 amide bonds. The molecular formula is C16H20N4O5. The number of likely N-dealkylation sites (tertiary alicyclic amines) is 1. The van der Waals surface area contributed by atoms with Crippen molar-refractivity contribution in [3.63, 3.8) is 0 Å². The second kappa shape index (κ2) is 7.37. The van der Waals surface area contributed by atoms with Gasteiger partial charge in [0.25, 0.3) is 5.91 Å². The van der Waals surface area contributed by atoms with Crippen molar-refractivity contribution < 1.29 is 23.9 Å². The van der Waals surface area contributed by atoms with Crippen LogP contribution >= 0.6 is 0 Å². The van der Waals surface area contributed by atoms with E-state index >= 15 is 0 Å². The molecular weight excluding hydrogens is 328 g/mol. The maximum atomic E-state index is 12.4. The third-order valence-corrected chi connectivity index (χ3v) is 4.19. The van der Waals surface area contributed by atoms with Crippen LogP contribution in [0.3, 0.4) is 0 Å². The van der Waals surface area contributed by atoms with Crippen molar-refractivity contribution in [3.8, 4) is 5.75 Å². The number of aromatic nitrogens is 1. The molecule has 0 aliphatic carbocycles. The van der Waals surface area contributed by atoms with Crippen molar-refractivity contribution in [2.45, 2.75) is 18.9 Å². The summed E-state index contributed by atoms with van der Waals surface area (Å²) in [7, 11) is 0. The third-order valence-electron chi connectivity index (χ3n) is 4.19. The number of rotatable bonds is 5. The van der Waals surface area contributed by atoms with Gasteiger partial charge in [-0.05, 0) is 18.9 Å². The summed E-state index contributed by atoms with van der Waals surface area (Å²) in [6, 6.07) is 3.14. The number of carbonyl (C=O) groups is 3. The Hall–Kier alpha value is -2.84. The van der Waals surface area contributed by atoms with Gasteiger partial charge in [0.15, 0.2) is 0 Å². The molecule has 1 aromatic heterocycles. The lowest BCUT2D eigenvalue weighted by molar-refractivity contribution is -0.134. The van der Waals surface area contributed by atoms with Crippen molar-refractivity contribution in [1.29, 1.82) is 0 Å². The highest BCUT2D eigenvalue weighted by molar-refractivity contribution is 5.91. The molecule has 9 nitrogen and oxygen atoms in total. The molecule has 3 rings (SSSR count). The van der Waals surface area contributed by atoms with E-state index in [4.69, 9.17) is 15.2 Å². The smallest absolute Gasteiger partial charge is 0.410 e. The fourth-order valence-electron chi connectivity index (χ4n) is 2.91. The van der Waals surface area contributed by atoms with Crippen LogP contribution in [-0.2, 0) is 9.53 Å². The molecule has 134 valence electrons. The molecule has 1 aromatic rings. The third kappa shape index (κ3) is 4.17. The van der Waals surface area contributed by atoms with Crippen LogP contribution in [0.25, 0.3) is 0 Å². The Bertz CT molecular complexity index is 680. The van der Waals surface area contributed by atoms with Crippen LogP contribution in [0.15, 0.2) is 18.3 Å². The van der Waals surface area contributed by atoms with Crippen LogP contribution in [0.2, 0.25) is 0 Å². The zero-order chi connectivity index (χ0) is 17.8. The van der Waals surface area contributed by atoms with E-state index in [2.05, 4.69) is 4.98 Å². The minimum Gasteiger partial charge on any atom is -0.488 e. The number of cyclic esters (lactones) is 1. The number of primary amides is 1. The Morgan fingerprint density at radius 2 is 2.24 bits per heavy atom. The Morgan fingerprint density at radius 1 is 1.40 bits per heavy atom. The second-order valence-corrected chi connectivity index (χ2v) is 6.00. The summed E-state index contributed by atoms with van der Waals surface area (Å²) in [5.41, 5.74) is 5.35. The fourth-order valence-corrected chi connectivity index (χ4v) is 2.91. The first-order valence-electron chi connectivity index (χ1n) is 8.15. The zero-order valence-corrected chi connectivity index (χ0v) is 13.7. The van der Waals surface area contributed by atoms with Crippen LogP contribution in [0.5, 0.6) is 5.75 Å². The number of carbonyl (C=O) groups excluding carboxylic acids is 3. The van der Waals surface area contributed by atoms with Crippen LogP contribution in [-0.4, -0.2) is 71.6 Å². The number of amides is 3. The average molecular weight is 348 g/mol. The minimum atomic E-state index is -0.622. The summed E-state index contributed by atoms with van der Waals surface area (Å²) in [5, 5.41) is 0. The number of pyridine rings is 1. The largest absolute Gasteiger partial charge is 0.488 e. The highest BCUT2D eigenvalue weighted by atomic mass is 16.6. The highest BCUT2D eigenvalue weighted by Crippen LogP contribution is 2.19. The molecule has 2 aliphatic heterocycles. The molecule has 9 heteroatoms. The predicted octanol–water partition coefficient (Wildman–Crippen LogP) is 0.00250. The van der Waals surface area contributed by atoms with E-state index in [0.29, 0.717) is 32.0 Å². The van der Waals surface area contributed by atoms with Gasteiger partial charge >= 0.3 is 6.09 Å². The van der Waals surface area contributed by atoms with Gasteiger partial charge in [-0.2, -0.15) is 0 Å². The molecule has 2 aliphatic rings. The topological polar surface area (TPSA) is 115 Å². The van der Waals surface area contributed by atoms with Gasteiger partial charge in [-0.3, -0.25) is 19.5 Å². The van der Waals surface area contributed by atoms with Crippen LogP contribution < -0.4 is 10.5 Å². The number of piperidine rings is 1. The van der Waals surface area contributed by atoms with Gasteiger partial charge in [-0.1, -0.05) is 0 Å². The zero-order valence-electron chi connectivity index (χ0n) is 13.7. The highest BCUT2D eigenvalue weighted by Gasteiger charge is 2.29. The molecule has 2 N–H and O–H groups in total. The molecule has 0 saturated carbocycles. The molecule has 2 saturated heterocycles. The predicted molar refractivity (Wildman–Crippen MR) is 85.9 cm³/mol. The van der Waals surface area contributed by atoms with Gasteiger partial charge in [0.2, 0.25) is 5.91 Å². The van der Waals surface area contributed by atoms with Gasteiger partial charge in [-0.25, -0.2) is 4.79 Å². The maximum Gasteiger partial charge on any atom is 0.410 e. The van der Waals surface area contributed by atoms with E-state index in [1.165, 1.54) is 17.2 Å². The summed E-state index contributed by atoms with van der Waals surface area (Å²) < 4.78 is 10.7. The lowest BCUT2D eigenvalue weighted by Gasteiger charge is -2.33. The van der Waals surface area contributed by atoms with Gasteiger partial charge in [0.05, 0.1) is 13.1 Å². The van der Waals surface area contributed by atoms with E-state index in [-0.39, 0.29) is 24.2 Å². The Labute approximate surface area is 144 Å². The standard InChI is InChI=1S/C16H20N4O5/c17-15(22)13-8-11(3-4-18-13)25-12-2-1-5-19(9-12)14(21)10-20-6-7-24-16(20)23/h3-4,8,12H,1-2,5-7,9-10H2,(H2,17,22). The maximum absolute atomic E-state index is 12.4. The van der Waals surface area contributed by atoms with Gasteiger partial charge in [0.1, 0.15) is 30.7 Å².